The Balaban J connectivity index is 1.60. The van der Waals surface area contributed by atoms with Crippen LogP contribution in [0.3, 0.4) is 0 Å². The number of hydrogen-bond donors (Lipinski definition) is 1. The molecule has 0 saturated carbocycles. The molecular weight excluding hydrogens is 548 g/mol. The van der Waals surface area contributed by atoms with E-state index in [0.29, 0.717) is 16.6 Å². The van der Waals surface area contributed by atoms with Crippen LogP contribution in [0.25, 0.3) is 0 Å². The number of carbonyl (C=O) groups is 5. The molecule has 1 aliphatic rings. The molecule has 0 fully saturated rings. The van der Waals surface area contributed by atoms with Crippen LogP contribution in [0.1, 0.15) is 66.8 Å². The minimum atomic E-state index is -1.15. The van der Waals surface area contributed by atoms with Crippen LogP contribution < -0.4 is 17.0 Å². The molecule has 13 nitrogen and oxygen atoms in total. The highest BCUT2D eigenvalue weighted by Gasteiger charge is 2.35. The fraction of sp³-hybridized carbons (Fsp3) is 0.276. The van der Waals surface area contributed by atoms with E-state index in [0.717, 1.165) is 23.0 Å². The molecule has 3 aromatic rings. The number of nitrogen functional groups attached to an aromatic ring is 1. The molecule has 218 valence electrons. The molecule has 0 atom stereocenters. The predicted octanol–water partition coefficient (Wildman–Crippen LogP) is 1.25. The van der Waals surface area contributed by atoms with Crippen LogP contribution in [0.5, 0.6) is 0 Å². The van der Waals surface area contributed by atoms with Gasteiger partial charge in [0.2, 0.25) is 5.78 Å². The molecule has 1 aromatic heterocycles. The van der Waals surface area contributed by atoms with Crippen LogP contribution in [0, 0.1) is 0 Å². The Bertz CT molecular complexity index is 1710. The summed E-state index contributed by atoms with van der Waals surface area (Å²) in [6.07, 6.45) is 1.41. The number of aromatic nitrogens is 2. The van der Waals surface area contributed by atoms with Crippen LogP contribution >= 0.6 is 0 Å². The summed E-state index contributed by atoms with van der Waals surface area (Å²) < 4.78 is 11.2. The number of benzene rings is 2. The first-order valence-electron chi connectivity index (χ1n) is 13.0. The van der Waals surface area contributed by atoms with Crippen molar-refractivity contribution in [3.63, 3.8) is 0 Å². The van der Waals surface area contributed by atoms with Crippen molar-refractivity contribution in [2.24, 2.45) is 0 Å². The van der Waals surface area contributed by atoms with Gasteiger partial charge in [0.15, 0.2) is 6.61 Å². The standard InChI is InChI=1S/C29H28N4O9/c1-3-4-12-31-25(36)19-11-10-18(13-20(19)26(31)37)28(39)42-16-21(34)23-24(30)32(14-17-8-6-5-7-9-17)29(40)33(27(23)38)15-22(35)41-2/h5-11,13H,3-4,12,14-16,30H2,1-2H3. The fourth-order valence-corrected chi connectivity index (χ4v) is 4.45. The summed E-state index contributed by atoms with van der Waals surface area (Å²) in [4.78, 5) is 90.5. The minimum Gasteiger partial charge on any atom is -0.468 e. The highest BCUT2D eigenvalue weighted by Crippen LogP contribution is 2.25. The quantitative estimate of drug-likeness (QED) is 0.198. The van der Waals surface area contributed by atoms with Gasteiger partial charge in [-0.05, 0) is 30.2 Å². The normalized spacial score (nSPS) is 12.3. The number of nitrogens with zero attached hydrogens (tertiary/aromatic N) is 3. The van der Waals surface area contributed by atoms with E-state index < -0.39 is 65.3 Å². The van der Waals surface area contributed by atoms with E-state index in [2.05, 4.69) is 4.74 Å². The molecule has 0 aliphatic carbocycles. The number of anilines is 1. The van der Waals surface area contributed by atoms with Crippen molar-refractivity contribution in [3.8, 4) is 0 Å². The average Bonchev–Trinajstić information content (AvgIpc) is 3.23. The Morgan fingerprint density at radius 1 is 0.905 bits per heavy atom. The van der Waals surface area contributed by atoms with Crippen molar-refractivity contribution in [1.82, 2.24) is 14.0 Å². The van der Waals surface area contributed by atoms with Gasteiger partial charge in [-0.3, -0.25) is 33.4 Å². The number of carbonyl (C=O) groups excluding carboxylic acids is 5. The number of methoxy groups -OCH3 is 1. The number of esters is 2. The second-order valence-corrected chi connectivity index (χ2v) is 9.46. The maximum atomic E-state index is 13.2. The summed E-state index contributed by atoms with van der Waals surface area (Å²) in [5.74, 6) is -4.39. The molecule has 2 N–H and O–H groups in total. The van der Waals surface area contributed by atoms with E-state index in [1.165, 1.54) is 18.2 Å². The zero-order valence-corrected chi connectivity index (χ0v) is 23.0. The first kappa shape index (κ1) is 29.6. The molecule has 2 heterocycles. The van der Waals surface area contributed by atoms with Gasteiger partial charge in [-0.2, -0.15) is 0 Å². The number of ketones is 1. The summed E-state index contributed by atoms with van der Waals surface area (Å²) in [6, 6.07) is 12.4. The predicted molar refractivity (Wildman–Crippen MR) is 148 cm³/mol. The average molecular weight is 577 g/mol. The molecule has 2 amide bonds. The van der Waals surface area contributed by atoms with Crippen molar-refractivity contribution in [2.75, 3.05) is 26.0 Å². The number of amides is 2. The van der Waals surface area contributed by atoms with Gasteiger partial charge in [0.25, 0.3) is 17.4 Å². The molecule has 0 bridgehead atoms. The Morgan fingerprint density at radius 2 is 1.60 bits per heavy atom. The monoisotopic (exact) mass is 576 g/mol. The Labute approximate surface area is 239 Å². The zero-order valence-electron chi connectivity index (χ0n) is 23.0. The maximum absolute atomic E-state index is 13.2. The SMILES string of the molecule is CCCCN1C(=O)c2ccc(C(=O)OCC(=O)c3c(N)n(Cc4ccccc4)c(=O)n(CC(=O)OC)c3=O)cc2C1=O. The smallest absolute Gasteiger partial charge is 0.338 e. The number of nitrogens with two attached hydrogens (primary N) is 1. The number of Topliss-reactive ketones (excluding diaryl/α,β-unsaturated/α-hetero) is 1. The number of imide groups is 1. The van der Waals surface area contributed by atoms with Gasteiger partial charge < -0.3 is 15.2 Å². The zero-order chi connectivity index (χ0) is 30.6. The van der Waals surface area contributed by atoms with Crippen molar-refractivity contribution in [1.29, 1.82) is 0 Å². The molecule has 0 radical (unpaired) electrons. The third kappa shape index (κ3) is 5.75. The summed E-state index contributed by atoms with van der Waals surface area (Å²) >= 11 is 0. The van der Waals surface area contributed by atoms with Gasteiger partial charge in [0.1, 0.15) is 17.9 Å². The van der Waals surface area contributed by atoms with Gasteiger partial charge in [0, 0.05) is 6.54 Å². The molecular formula is C29H28N4O9. The van der Waals surface area contributed by atoms with Gasteiger partial charge >= 0.3 is 17.6 Å². The number of fused-ring (bicyclic) bond motifs is 1. The van der Waals surface area contributed by atoms with E-state index in [1.807, 2.05) is 6.92 Å². The molecule has 42 heavy (non-hydrogen) atoms. The van der Waals surface area contributed by atoms with Gasteiger partial charge in [-0.25, -0.2) is 14.2 Å². The van der Waals surface area contributed by atoms with Gasteiger partial charge in [-0.15, -0.1) is 0 Å². The summed E-state index contributed by atoms with van der Waals surface area (Å²) in [6.45, 7) is 0.336. The highest BCUT2D eigenvalue weighted by molar-refractivity contribution is 6.22. The van der Waals surface area contributed by atoms with Crippen molar-refractivity contribution in [2.45, 2.75) is 32.9 Å². The molecule has 2 aromatic carbocycles. The van der Waals surface area contributed by atoms with Crippen LogP contribution in [-0.2, 0) is 27.4 Å². The van der Waals surface area contributed by atoms with E-state index in [-0.39, 0.29) is 29.8 Å². The molecule has 0 saturated heterocycles. The van der Waals surface area contributed by atoms with Crippen molar-refractivity contribution < 1.29 is 33.4 Å². The van der Waals surface area contributed by atoms with E-state index in [4.69, 9.17) is 10.5 Å². The van der Waals surface area contributed by atoms with Crippen LogP contribution in [0.4, 0.5) is 5.82 Å². The highest BCUT2D eigenvalue weighted by atomic mass is 16.5. The number of hydrogen-bond acceptors (Lipinski definition) is 10. The topological polar surface area (TPSA) is 177 Å². The van der Waals surface area contributed by atoms with Crippen LogP contribution in [-0.4, -0.2) is 63.8 Å². The molecule has 1 aliphatic heterocycles. The summed E-state index contributed by atoms with van der Waals surface area (Å²) in [5.41, 5.74) is 4.11. The molecule has 4 rings (SSSR count). The van der Waals surface area contributed by atoms with Crippen molar-refractivity contribution >= 4 is 35.4 Å². The molecule has 0 unspecified atom stereocenters. The lowest BCUT2D eigenvalue weighted by atomic mass is 10.1. The summed E-state index contributed by atoms with van der Waals surface area (Å²) in [5, 5.41) is 0. The first-order chi connectivity index (χ1) is 20.1. The molecule has 0 spiro atoms. The Hall–Kier alpha value is -5.33. The second kappa shape index (κ2) is 12.5. The van der Waals surface area contributed by atoms with Crippen LogP contribution in [0.2, 0.25) is 0 Å². The second-order valence-electron chi connectivity index (χ2n) is 9.46. The minimum absolute atomic E-state index is 0.0415. The largest absolute Gasteiger partial charge is 0.468 e. The van der Waals surface area contributed by atoms with Crippen molar-refractivity contribution in [3.05, 3.63) is 97.2 Å². The molecule has 13 heteroatoms. The number of unbranched alkanes of at least 4 members (excludes halogenated alkanes) is 1. The Morgan fingerprint density at radius 3 is 2.26 bits per heavy atom. The number of rotatable bonds is 11. The fourth-order valence-electron chi connectivity index (χ4n) is 4.45. The van der Waals surface area contributed by atoms with Gasteiger partial charge in [0.05, 0.1) is 30.3 Å². The van der Waals surface area contributed by atoms with E-state index in [9.17, 15) is 33.6 Å². The van der Waals surface area contributed by atoms with Crippen LogP contribution in [0.15, 0.2) is 58.1 Å². The summed E-state index contributed by atoms with van der Waals surface area (Å²) in [7, 11) is 1.07. The first-order valence-corrected chi connectivity index (χ1v) is 13.0. The lowest BCUT2D eigenvalue weighted by Gasteiger charge is -2.16. The third-order valence-corrected chi connectivity index (χ3v) is 6.72. The van der Waals surface area contributed by atoms with E-state index >= 15 is 0 Å². The van der Waals surface area contributed by atoms with Gasteiger partial charge in [-0.1, -0.05) is 43.7 Å². The lowest BCUT2D eigenvalue weighted by molar-refractivity contribution is -0.141. The maximum Gasteiger partial charge on any atom is 0.338 e. The third-order valence-electron chi connectivity index (χ3n) is 6.72. The van der Waals surface area contributed by atoms with E-state index in [1.54, 1.807) is 30.3 Å². The lowest BCUT2D eigenvalue weighted by Crippen LogP contribution is -2.46. The number of ether oxygens (including phenoxy) is 2. The Kier molecular flexibility index (Phi) is 8.79.